The van der Waals surface area contributed by atoms with E-state index in [9.17, 15) is 85.6 Å². The second kappa shape index (κ2) is 14.7. The molecule has 55 heavy (non-hydrogen) atoms. The lowest BCUT2D eigenvalue weighted by Gasteiger charge is -2.42. The molecule has 0 saturated heterocycles. The highest BCUT2D eigenvalue weighted by molar-refractivity contribution is 5.94. The highest BCUT2D eigenvalue weighted by Gasteiger charge is 2.52. The second-order valence-electron chi connectivity index (χ2n) is 11.8. The van der Waals surface area contributed by atoms with Crippen LogP contribution in [0.4, 0.5) is 0 Å². The molecule has 1 aliphatic carbocycles. The van der Waals surface area contributed by atoms with Crippen LogP contribution in [0.15, 0.2) is 48.5 Å². The Balaban J connectivity index is 1.57. The quantitative estimate of drug-likeness (QED) is 0.0677. The summed E-state index contributed by atoms with van der Waals surface area (Å²) in [6.07, 6.45) is -11.5. The van der Waals surface area contributed by atoms with Crippen LogP contribution in [0.2, 0.25) is 0 Å². The summed E-state index contributed by atoms with van der Waals surface area (Å²) in [5.74, 6) is -17.9. The molecule has 290 valence electrons. The Morgan fingerprint density at radius 1 is 0.382 bits per heavy atom. The third-order valence-corrected chi connectivity index (χ3v) is 8.10. The standard InChI is InChI=1S/C34H28O21/c35-14-1-10(2-15(36)24(14)43)31(48)52-22-9-23(53-32(49)11-3-16(37)25(44)17(38)4-11)30(55-34(51)13-7-20(41)27(46)21(42)8-13)28(47)29(22)54-33(50)12-5-18(39)26(45)19(40)6-12/h1-8,22-23,28-30,35-47H,9H2/t22-,23-,29+,30+/m1/s1. The number of hydrogen-bond donors (Lipinski definition) is 13. The lowest BCUT2D eigenvalue weighted by molar-refractivity contribution is -0.181. The molecule has 0 aliphatic heterocycles. The number of hydrogen-bond acceptors (Lipinski definition) is 21. The number of rotatable bonds is 8. The van der Waals surface area contributed by atoms with Crippen LogP contribution in [0.3, 0.4) is 0 Å². The molecule has 4 atom stereocenters. The number of aliphatic hydroxyl groups is 1. The van der Waals surface area contributed by atoms with Gasteiger partial charge in [-0.05, 0) is 48.5 Å². The first-order valence-electron chi connectivity index (χ1n) is 15.3. The van der Waals surface area contributed by atoms with Gasteiger partial charge in [-0.15, -0.1) is 0 Å². The summed E-state index contributed by atoms with van der Waals surface area (Å²) < 4.78 is 21.5. The average Bonchev–Trinajstić information content (AvgIpc) is 3.12. The minimum absolute atomic E-state index is 0.629. The second-order valence-corrected chi connectivity index (χ2v) is 11.8. The third-order valence-electron chi connectivity index (χ3n) is 8.10. The SMILES string of the molecule is O=C(O[C@@H]1C(O)[C@@H](OC(=O)c2cc(O)c(O)c(O)c2)[C@H](OC(=O)c2cc(O)c(O)c(O)c2)C[C@H]1OC(=O)c1cc(O)c(O)c(O)c1)c1cc(O)c(O)c(O)c1. The monoisotopic (exact) mass is 772 g/mol. The van der Waals surface area contributed by atoms with Crippen molar-refractivity contribution in [3.63, 3.8) is 0 Å². The van der Waals surface area contributed by atoms with Gasteiger partial charge in [0.15, 0.2) is 81.2 Å². The number of carbonyl (C=O) groups excluding carboxylic acids is 4. The van der Waals surface area contributed by atoms with E-state index in [4.69, 9.17) is 18.9 Å². The number of phenolic OH excluding ortho intramolecular Hbond substituents is 12. The summed E-state index contributed by atoms with van der Waals surface area (Å²) in [6.45, 7) is 0. The Hall–Kier alpha value is -7.68. The summed E-state index contributed by atoms with van der Waals surface area (Å²) in [7, 11) is 0. The third kappa shape index (κ3) is 7.75. The van der Waals surface area contributed by atoms with Crippen molar-refractivity contribution in [1.82, 2.24) is 0 Å². The molecule has 5 rings (SSSR count). The fourth-order valence-electron chi connectivity index (χ4n) is 5.33. The molecule has 0 spiro atoms. The van der Waals surface area contributed by atoms with E-state index in [1.165, 1.54) is 0 Å². The number of aromatic hydroxyl groups is 12. The van der Waals surface area contributed by atoms with E-state index in [0.29, 0.717) is 48.5 Å². The van der Waals surface area contributed by atoms with Crippen LogP contribution < -0.4 is 0 Å². The van der Waals surface area contributed by atoms with Crippen molar-refractivity contribution in [2.24, 2.45) is 0 Å². The van der Waals surface area contributed by atoms with Gasteiger partial charge in [0.2, 0.25) is 0 Å². The predicted molar refractivity (Wildman–Crippen MR) is 173 cm³/mol. The molecule has 0 unspecified atom stereocenters. The molecule has 0 amide bonds. The Kier molecular flexibility index (Phi) is 10.3. The maximum Gasteiger partial charge on any atom is 0.338 e. The zero-order valence-electron chi connectivity index (χ0n) is 27.3. The molecule has 13 N–H and O–H groups in total. The van der Waals surface area contributed by atoms with Crippen LogP contribution in [0.5, 0.6) is 69.0 Å². The zero-order valence-corrected chi connectivity index (χ0v) is 27.3. The number of carbonyl (C=O) groups is 4. The first kappa shape index (κ1) is 38.5. The predicted octanol–water partition coefficient (Wildman–Crippen LogP) is 1.12. The number of aliphatic hydroxyl groups excluding tert-OH is 1. The van der Waals surface area contributed by atoms with Gasteiger partial charge >= 0.3 is 23.9 Å². The van der Waals surface area contributed by atoms with Crippen LogP contribution in [0.25, 0.3) is 0 Å². The van der Waals surface area contributed by atoms with Crippen LogP contribution >= 0.6 is 0 Å². The van der Waals surface area contributed by atoms with Gasteiger partial charge in [0.25, 0.3) is 0 Å². The van der Waals surface area contributed by atoms with E-state index in [1.807, 2.05) is 0 Å². The molecule has 0 radical (unpaired) electrons. The molecule has 0 bridgehead atoms. The Morgan fingerprint density at radius 3 is 0.800 bits per heavy atom. The normalized spacial score (nSPS) is 19.2. The lowest BCUT2D eigenvalue weighted by Crippen LogP contribution is -2.60. The van der Waals surface area contributed by atoms with Gasteiger partial charge in [-0.2, -0.15) is 0 Å². The molecule has 4 aromatic carbocycles. The molecule has 0 aromatic heterocycles. The van der Waals surface area contributed by atoms with Crippen molar-refractivity contribution in [3.05, 3.63) is 70.8 Å². The average molecular weight is 773 g/mol. The van der Waals surface area contributed by atoms with E-state index in [0.717, 1.165) is 0 Å². The molecule has 1 saturated carbocycles. The van der Waals surface area contributed by atoms with Gasteiger partial charge < -0.3 is 85.3 Å². The molecule has 4 aromatic rings. The molecule has 21 heteroatoms. The summed E-state index contributed by atoms with van der Waals surface area (Å²) in [6, 6.07) is 5.10. The van der Waals surface area contributed by atoms with E-state index < -0.39 is 152 Å². The summed E-state index contributed by atoms with van der Waals surface area (Å²) >= 11 is 0. The van der Waals surface area contributed by atoms with Gasteiger partial charge in [-0.3, -0.25) is 0 Å². The molecular formula is C34H28O21. The van der Waals surface area contributed by atoms with Crippen LogP contribution in [-0.4, -0.2) is 121 Å². The van der Waals surface area contributed by atoms with Crippen LogP contribution in [0.1, 0.15) is 47.9 Å². The molecule has 1 fully saturated rings. The van der Waals surface area contributed by atoms with Crippen molar-refractivity contribution < 1.29 is 105 Å². The smallest absolute Gasteiger partial charge is 0.338 e. The van der Waals surface area contributed by atoms with Crippen LogP contribution in [-0.2, 0) is 18.9 Å². The largest absolute Gasteiger partial charge is 0.504 e. The molecule has 1 aliphatic rings. The van der Waals surface area contributed by atoms with E-state index in [2.05, 4.69) is 0 Å². The topological polar surface area (TPSA) is 368 Å². The Labute approximate surface area is 305 Å². The van der Waals surface area contributed by atoms with Gasteiger partial charge in [0.05, 0.1) is 22.3 Å². The number of ether oxygens (including phenoxy) is 4. The fourth-order valence-corrected chi connectivity index (χ4v) is 5.33. The van der Waals surface area contributed by atoms with E-state index >= 15 is 0 Å². The van der Waals surface area contributed by atoms with Gasteiger partial charge in [0.1, 0.15) is 18.3 Å². The fraction of sp³-hybridized carbons (Fsp3) is 0.176. The van der Waals surface area contributed by atoms with Gasteiger partial charge in [-0.25, -0.2) is 19.2 Å². The highest BCUT2D eigenvalue weighted by atomic mass is 16.6. The van der Waals surface area contributed by atoms with Gasteiger partial charge in [-0.1, -0.05) is 0 Å². The van der Waals surface area contributed by atoms with E-state index in [-0.39, 0.29) is 0 Å². The summed E-state index contributed by atoms with van der Waals surface area (Å²) in [5.41, 5.74) is -2.60. The minimum Gasteiger partial charge on any atom is -0.504 e. The van der Waals surface area contributed by atoms with E-state index in [1.54, 1.807) is 0 Å². The molecule has 21 nitrogen and oxygen atoms in total. The molecule has 0 heterocycles. The van der Waals surface area contributed by atoms with Crippen molar-refractivity contribution in [3.8, 4) is 69.0 Å². The minimum atomic E-state index is -2.40. The summed E-state index contributed by atoms with van der Waals surface area (Å²) in [5, 5.41) is 130. The van der Waals surface area contributed by atoms with Crippen molar-refractivity contribution in [2.45, 2.75) is 36.9 Å². The maximum atomic E-state index is 13.3. The number of phenols is 12. The van der Waals surface area contributed by atoms with Crippen molar-refractivity contribution in [1.29, 1.82) is 0 Å². The maximum absolute atomic E-state index is 13.3. The van der Waals surface area contributed by atoms with Crippen molar-refractivity contribution >= 4 is 23.9 Å². The Bertz CT molecular complexity index is 1970. The van der Waals surface area contributed by atoms with Crippen LogP contribution in [0, 0.1) is 0 Å². The van der Waals surface area contributed by atoms with Crippen molar-refractivity contribution in [2.75, 3.05) is 0 Å². The zero-order chi connectivity index (χ0) is 40.6. The Morgan fingerprint density at radius 2 is 0.582 bits per heavy atom. The van der Waals surface area contributed by atoms with Gasteiger partial charge in [0, 0.05) is 6.42 Å². The first-order chi connectivity index (χ1) is 25.8. The highest BCUT2D eigenvalue weighted by Crippen LogP contribution is 2.40. The number of benzene rings is 4. The first-order valence-corrected chi connectivity index (χ1v) is 15.3. The molecular weight excluding hydrogens is 744 g/mol. The number of esters is 4. The lowest BCUT2D eigenvalue weighted by atomic mass is 9.86. The summed E-state index contributed by atoms with van der Waals surface area (Å²) in [4.78, 5) is 53.1.